The van der Waals surface area contributed by atoms with Crippen molar-refractivity contribution in [2.75, 3.05) is 0 Å². The average molecular weight is 172 g/mol. The highest BCUT2D eigenvalue weighted by atomic mass is 16.2. The summed E-state index contributed by atoms with van der Waals surface area (Å²) in [4.78, 5) is 21.7. The number of amides is 2. The first-order valence-electron chi connectivity index (χ1n) is 4.01. The van der Waals surface area contributed by atoms with Crippen LogP contribution in [0, 0.1) is 0 Å². The van der Waals surface area contributed by atoms with Crippen LogP contribution < -0.4 is 11.1 Å². The van der Waals surface area contributed by atoms with E-state index in [1.807, 2.05) is 6.92 Å². The van der Waals surface area contributed by atoms with Crippen LogP contribution in [0.25, 0.3) is 0 Å². The van der Waals surface area contributed by atoms with Crippen molar-refractivity contribution in [2.24, 2.45) is 5.73 Å². The molecule has 0 aromatic rings. The first-order chi connectivity index (χ1) is 5.42. The van der Waals surface area contributed by atoms with E-state index in [1.165, 1.54) is 6.92 Å². The number of ketones is 1. The molecule has 0 rings (SSSR count). The Labute approximate surface area is 72.5 Å². The molecule has 0 aliphatic carbocycles. The molecule has 1 unspecified atom stereocenters. The van der Waals surface area contributed by atoms with Crippen LogP contribution in [0.15, 0.2) is 0 Å². The number of primary amides is 1. The summed E-state index contributed by atoms with van der Waals surface area (Å²) >= 11 is 0. The van der Waals surface area contributed by atoms with Crippen LogP contribution in [-0.2, 0) is 4.79 Å². The molecule has 2 amide bonds. The van der Waals surface area contributed by atoms with Crippen LogP contribution in [-0.4, -0.2) is 17.4 Å². The average Bonchev–Trinajstić information content (AvgIpc) is 1.85. The number of carbonyl (C=O) groups is 2. The van der Waals surface area contributed by atoms with Crippen molar-refractivity contribution in [1.29, 1.82) is 0 Å². The molecule has 0 fully saturated rings. The van der Waals surface area contributed by atoms with Gasteiger partial charge in [-0.05, 0) is 20.3 Å². The Bertz CT molecular complexity index is 191. The van der Waals surface area contributed by atoms with E-state index in [2.05, 4.69) is 5.32 Å². The smallest absolute Gasteiger partial charge is 0.312 e. The van der Waals surface area contributed by atoms with Gasteiger partial charge in [0.15, 0.2) is 5.78 Å². The molecule has 0 radical (unpaired) electrons. The number of urea groups is 1. The highest BCUT2D eigenvalue weighted by molar-refractivity contribution is 5.90. The summed E-state index contributed by atoms with van der Waals surface area (Å²) in [5.74, 6) is -0.0665. The molecular weight excluding hydrogens is 156 g/mol. The molecule has 4 heteroatoms. The minimum atomic E-state index is -0.791. The summed E-state index contributed by atoms with van der Waals surface area (Å²) in [6.45, 7) is 5.08. The minimum Gasteiger partial charge on any atom is -0.352 e. The van der Waals surface area contributed by atoms with E-state index in [1.54, 1.807) is 6.92 Å². The highest BCUT2D eigenvalue weighted by Crippen LogP contribution is 2.12. The Morgan fingerprint density at radius 2 is 2.00 bits per heavy atom. The van der Waals surface area contributed by atoms with E-state index < -0.39 is 11.6 Å². The first kappa shape index (κ1) is 10.9. The fraction of sp³-hybridized carbons (Fsp3) is 0.750. The summed E-state index contributed by atoms with van der Waals surface area (Å²) < 4.78 is 0. The molecule has 0 bridgehead atoms. The molecule has 0 saturated heterocycles. The zero-order valence-corrected chi connectivity index (χ0v) is 7.81. The predicted octanol–water partition coefficient (Wildman–Crippen LogP) is 0.803. The van der Waals surface area contributed by atoms with Crippen LogP contribution in [0.1, 0.15) is 33.6 Å². The molecule has 1 atom stereocenters. The van der Waals surface area contributed by atoms with Crippen LogP contribution in [0.4, 0.5) is 4.79 Å². The van der Waals surface area contributed by atoms with Crippen LogP contribution in [0.2, 0.25) is 0 Å². The van der Waals surface area contributed by atoms with Gasteiger partial charge in [0, 0.05) is 0 Å². The maximum atomic E-state index is 11.1. The molecule has 70 valence electrons. The van der Waals surface area contributed by atoms with Gasteiger partial charge in [-0.3, -0.25) is 4.79 Å². The third-order valence-electron chi connectivity index (χ3n) is 1.93. The third-order valence-corrected chi connectivity index (χ3v) is 1.93. The van der Waals surface area contributed by atoms with E-state index in [-0.39, 0.29) is 5.78 Å². The molecule has 0 aliphatic rings. The molecule has 0 spiro atoms. The van der Waals surface area contributed by atoms with Crippen molar-refractivity contribution in [2.45, 2.75) is 39.2 Å². The van der Waals surface area contributed by atoms with E-state index in [9.17, 15) is 9.59 Å². The molecule has 0 aromatic heterocycles. The fourth-order valence-corrected chi connectivity index (χ4v) is 1.10. The Hall–Kier alpha value is -1.06. The second-order valence-electron chi connectivity index (χ2n) is 3.13. The highest BCUT2D eigenvalue weighted by Gasteiger charge is 2.29. The van der Waals surface area contributed by atoms with Gasteiger partial charge in [-0.25, -0.2) is 4.79 Å². The van der Waals surface area contributed by atoms with Crippen molar-refractivity contribution in [3.05, 3.63) is 0 Å². The predicted molar refractivity (Wildman–Crippen MR) is 46.7 cm³/mol. The van der Waals surface area contributed by atoms with Gasteiger partial charge in [-0.15, -0.1) is 0 Å². The number of nitrogens with one attached hydrogen (secondary N) is 1. The fourth-order valence-electron chi connectivity index (χ4n) is 1.10. The number of carbonyl (C=O) groups excluding carboxylic acids is 2. The van der Waals surface area contributed by atoms with Gasteiger partial charge in [-0.2, -0.15) is 0 Å². The normalized spacial score (nSPS) is 14.9. The summed E-state index contributed by atoms with van der Waals surface area (Å²) in [6.07, 6.45) is 1.45. The van der Waals surface area contributed by atoms with Gasteiger partial charge in [-0.1, -0.05) is 13.3 Å². The quantitative estimate of drug-likeness (QED) is 0.658. The van der Waals surface area contributed by atoms with Gasteiger partial charge in [0.25, 0.3) is 0 Å². The lowest BCUT2D eigenvalue weighted by Gasteiger charge is -2.26. The molecule has 4 nitrogen and oxygen atoms in total. The third kappa shape index (κ3) is 2.90. The van der Waals surface area contributed by atoms with Crippen molar-refractivity contribution in [1.82, 2.24) is 5.32 Å². The number of nitrogens with two attached hydrogens (primary N) is 1. The minimum absolute atomic E-state index is 0.0665. The van der Waals surface area contributed by atoms with Gasteiger partial charge < -0.3 is 11.1 Å². The van der Waals surface area contributed by atoms with Crippen molar-refractivity contribution >= 4 is 11.8 Å². The summed E-state index contributed by atoms with van der Waals surface area (Å²) in [6, 6.07) is -0.652. The number of hydrogen-bond donors (Lipinski definition) is 2. The van der Waals surface area contributed by atoms with E-state index >= 15 is 0 Å². The Morgan fingerprint density at radius 3 is 2.25 bits per heavy atom. The van der Waals surface area contributed by atoms with E-state index in [0.717, 1.165) is 6.42 Å². The van der Waals surface area contributed by atoms with Crippen LogP contribution in [0.3, 0.4) is 0 Å². The monoisotopic (exact) mass is 172 g/mol. The number of hydrogen-bond acceptors (Lipinski definition) is 2. The maximum absolute atomic E-state index is 11.1. The Balaban J connectivity index is 4.38. The van der Waals surface area contributed by atoms with Crippen molar-refractivity contribution < 1.29 is 9.59 Å². The zero-order chi connectivity index (χ0) is 9.78. The van der Waals surface area contributed by atoms with Gasteiger partial charge in [0.05, 0.1) is 5.54 Å². The SMILES string of the molecule is CCCC(C)(NC(N)=O)C(C)=O. The largest absolute Gasteiger partial charge is 0.352 e. The van der Waals surface area contributed by atoms with Gasteiger partial charge in [0.1, 0.15) is 0 Å². The second kappa shape index (κ2) is 4.09. The Morgan fingerprint density at radius 1 is 1.50 bits per heavy atom. The topological polar surface area (TPSA) is 72.2 Å². The molecule has 0 aromatic carbocycles. The van der Waals surface area contributed by atoms with Gasteiger partial charge >= 0.3 is 6.03 Å². The van der Waals surface area contributed by atoms with E-state index in [0.29, 0.717) is 6.42 Å². The maximum Gasteiger partial charge on any atom is 0.312 e. The van der Waals surface area contributed by atoms with Crippen LogP contribution >= 0.6 is 0 Å². The standard InChI is InChI=1S/C8H16N2O2/c1-4-5-8(3,6(2)11)10-7(9)12/h4-5H2,1-3H3,(H3,9,10,12). The molecular formula is C8H16N2O2. The van der Waals surface area contributed by atoms with Crippen molar-refractivity contribution in [3.8, 4) is 0 Å². The number of Topliss-reactive ketones (excluding diaryl/α,β-unsaturated/α-hetero) is 1. The lowest BCUT2D eigenvalue weighted by atomic mass is 9.92. The summed E-state index contributed by atoms with van der Waals surface area (Å²) in [5.41, 5.74) is 4.15. The van der Waals surface area contributed by atoms with Crippen molar-refractivity contribution in [3.63, 3.8) is 0 Å². The molecule has 0 aliphatic heterocycles. The second-order valence-corrected chi connectivity index (χ2v) is 3.13. The molecule has 0 saturated carbocycles. The Kier molecular flexibility index (Phi) is 3.73. The van der Waals surface area contributed by atoms with E-state index in [4.69, 9.17) is 5.73 Å². The molecule has 3 N–H and O–H groups in total. The lowest BCUT2D eigenvalue weighted by molar-refractivity contribution is -0.122. The molecule has 12 heavy (non-hydrogen) atoms. The summed E-state index contributed by atoms with van der Waals surface area (Å²) in [7, 11) is 0. The molecule has 0 heterocycles. The number of rotatable bonds is 4. The first-order valence-corrected chi connectivity index (χ1v) is 4.01. The zero-order valence-electron chi connectivity index (χ0n) is 7.81. The van der Waals surface area contributed by atoms with Crippen LogP contribution in [0.5, 0.6) is 0 Å². The summed E-state index contributed by atoms with van der Waals surface area (Å²) in [5, 5.41) is 2.45. The van der Waals surface area contributed by atoms with Gasteiger partial charge in [0.2, 0.25) is 0 Å². The lowest BCUT2D eigenvalue weighted by Crippen LogP contribution is -2.53.